The van der Waals surface area contributed by atoms with Gasteiger partial charge in [-0.1, -0.05) is 29.8 Å². The fraction of sp³-hybridized carbons (Fsp3) is 0.188. The summed E-state index contributed by atoms with van der Waals surface area (Å²) in [5, 5.41) is 13.1. The van der Waals surface area contributed by atoms with Crippen LogP contribution < -0.4 is 9.47 Å². The van der Waals surface area contributed by atoms with E-state index in [1.807, 2.05) is 36.4 Å². The first-order chi connectivity index (χ1) is 11.2. The van der Waals surface area contributed by atoms with Gasteiger partial charge in [0.2, 0.25) is 5.82 Å². The van der Waals surface area contributed by atoms with Crippen molar-refractivity contribution >= 4 is 11.6 Å². The molecule has 0 saturated heterocycles. The summed E-state index contributed by atoms with van der Waals surface area (Å²) in [4.78, 5) is 1.50. The molecule has 6 nitrogen and oxygen atoms in total. The van der Waals surface area contributed by atoms with Crippen molar-refractivity contribution in [1.29, 1.82) is 0 Å². The van der Waals surface area contributed by atoms with E-state index in [1.54, 1.807) is 19.2 Å². The lowest BCUT2D eigenvalue weighted by Crippen LogP contribution is -2.11. The molecule has 2 aromatic carbocycles. The largest absolute Gasteiger partial charge is 0.497 e. The zero-order chi connectivity index (χ0) is 16.1. The third-order valence-electron chi connectivity index (χ3n) is 3.14. The number of hydrogen-bond donors (Lipinski definition) is 0. The second-order valence-electron chi connectivity index (χ2n) is 4.75. The Balaban J connectivity index is 1.61. The lowest BCUT2D eigenvalue weighted by Gasteiger charge is -2.05. The maximum Gasteiger partial charge on any atom is 0.205 e. The molecule has 0 atom stereocenters. The molecule has 0 aliphatic carbocycles. The second-order valence-corrected chi connectivity index (χ2v) is 5.18. The van der Waals surface area contributed by atoms with Gasteiger partial charge in [0.25, 0.3) is 0 Å². The predicted octanol–water partition coefficient (Wildman–Crippen LogP) is 3.08. The van der Waals surface area contributed by atoms with Crippen molar-refractivity contribution in [2.45, 2.75) is 6.54 Å². The molecule has 0 amide bonds. The molecule has 0 unspecified atom stereocenters. The predicted molar refractivity (Wildman–Crippen MR) is 86.8 cm³/mol. The van der Waals surface area contributed by atoms with Crippen LogP contribution in [0.15, 0.2) is 48.5 Å². The van der Waals surface area contributed by atoms with E-state index in [0.717, 1.165) is 11.3 Å². The van der Waals surface area contributed by atoms with Crippen LogP contribution in [0.25, 0.3) is 11.4 Å². The standard InChI is InChI=1S/C16H15ClN4O2/c1-22-14-6-2-4-12(10-14)16-18-20-21(19-16)8-9-23-15-7-3-5-13(17)11-15/h2-7,10-11H,8-9H2,1H3. The average molecular weight is 331 g/mol. The monoisotopic (exact) mass is 330 g/mol. The van der Waals surface area contributed by atoms with Gasteiger partial charge >= 0.3 is 0 Å². The Morgan fingerprint density at radius 2 is 1.91 bits per heavy atom. The van der Waals surface area contributed by atoms with Crippen molar-refractivity contribution < 1.29 is 9.47 Å². The molecular weight excluding hydrogens is 316 g/mol. The number of methoxy groups -OCH3 is 1. The summed E-state index contributed by atoms with van der Waals surface area (Å²) >= 11 is 5.91. The van der Waals surface area contributed by atoms with Gasteiger partial charge in [0, 0.05) is 10.6 Å². The second kappa shape index (κ2) is 7.11. The van der Waals surface area contributed by atoms with Gasteiger partial charge in [-0.05, 0) is 35.5 Å². The first-order valence-electron chi connectivity index (χ1n) is 7.05. The molecule has 0 aliphatic heterocycles. The number of nitrogens with zero attached hydrogens (tertiary/aromatic N) is 4. The summed E-state index contributed by atoms with van der Waals surface area (Å²) < 4.78 is 10.8. The fourth-order valence-electron chi connectivity index (χ4n) is 2.02. The molecule has 1 heterocycles. The smallest absolute Gasteiger partial charge is 0.205 e. The molecule has 3 rings (SSSR count). The topological polar surface area (TPSA) is 62.1 Å². The van der Waals surface area contributed by atoms with Crippen molar-refractivity contribution in [1.82, 2.24) is 20.2 Å². The van der Waals surface area contributed by atoms with Crippen LogP contribution in [0.2, 0.25) is 5.02 Å². The fourth-order valence-corrected chi connectivity index (χ4v) is 2.20. The summed E-state index contributed by atoms with van der Waals surface area (Å²) in [6, 6.07) is 14.8. The Morgan fingerprint density at radius 3 is 2.74 bits per heavy atom. The van der Waals surface area contributed by atoms with Crippen LogP contribution in [0.4, 0.5) is 0 Å². The highest BCUT2D eigenvalue weighted by atomic mass is 35.5. The highest BCUT2D eigenvalue weighted by molar-refractivity contribution is 6.30. The molecule has 0 spiro atoms. The van der Waals surface area contributed by atoms with Crippen LogP contribution in [-0.4, -0.2) is 33.9 Å². The van der Waals surface area contributed by atoms with E-state index in [1.165, 1.54) is 4.80 Å². The van der Waals surface area contributed by atoms with Crippen LogP contribution in [0.5, 0.6) is 11.5 Å². The van der Waals surface area contributed by atoms with Crippen molar-refractivity contribution in [3.63, 3.8) is 0 Å². The molecule has 0 fully saturated rings. The summed E-state index contributed by atoms with van der Waals surface area (Å²) in [7, 11) is 1.62. The van der Waals surface area contributed by atoms with E-state index in [4.69, 9.17) is 21.1 Å². The van der Waals surface area contributed by atoms with E-state index in [9.17, 15) is 0 Å². The maximum absolute atomic E-state index is 5.91. The minimum Gasteiger partial charge on any atom is -0.497 e. The first-order valence-corrected chi connectivity index (χ1v) is 7.43. The first kappa shape index (κ1) is 15.3. The molecule has 0 aliphatic rings. The minimum atomic E-state index is 0.425. The van der Waals surface area contributed by atoms with Crippen LogP contribution in [0.3, 0.4) is 0 Å². The maximum atomic E-state index is 5.91. The molecule has 7 heteroatoms. The molecule has 0 saturated carbocycles. The molecule has 0 radical (unpaired) electrons. The highest BCUT2D eigenvalue weighted by Crippen LogP contribution is 2.20. The zero-order valence-corrected chi connectivity index (χ0v) is 13.3. The summed E-state index contributed by atoms with van der Waals surface area (Å²) in [5.41, 5.74) is 0.853. The molecule has 0 bridgehead atoms. The van der Waals surface area contributed by atoms with Crippen LogP contribution in [-0.2, 0) is 6.54 Å². The number of benzene rings is 2. The van der Waals surface area contributed by atoms with Gasteiger partial charge < -0.3 is 9.47 Å². The summed E-state index contributed by atoms with van der Waals surface area (Å²) in [6.45, 7) is 0.914. The van der Waals surface area contributed by atoms with Gasteiger partial charge in [-0.2, -0.15) is 4.80 Å². The summed E-state index contributed by atoms with van der Waals surface area (Å²) in [6.07, 6.45) is 0. The molecule has 0 N–H and O–H groups in total. The van der Waals surface area contributed by atoms with E-state index in [-0.39, 0.29) is 0 Å². The molecule has 118 valence electrons. The van der Waals surface area contributed by atoms with Crippen LogP contribution in [0, 0.1) is 0 Å². The number of halogens is 1. The number of tetrazole rings is 1. The van der Waals surface area contributed by atoms with E-state index < -0.39 is 0 Å². The number of hydrogen-bond acceptors (Lipinski definition) is 5. The number of rotatable bonds is 6. The van der Waals surface area contributed by atoms with Crippen molar-refractivity contribution in [2.24, 2.45) is 0 Å². The zero-order valence-electron chi connectivity index (χ0n) is 12.5. The van der Waals surface area contributed by atoms with Crippen molar-refractivity contribution in [2.75, 3.05) is 13.7 Å². The molecule has 3 aromatic rings. The molecule has 23 heavy (non-hydrogen) atoms. The highest BCUT2D eigenvalue weighted by Gasteiger charge is 2.07. The van der Waals surface area contributed by atoms with Gasteiger partial charge in [-0.25, -0.2) is 0 Å². The Kier molecular flexibility index (Phi) is 4.73. The number of aromatic nitrogens is 4. The number of ether oxygens (including phenoxy) is 2. The summed E-state index contributed by atoms with van der Waals surface area (Å²) in [5.74, 6) is 2.01. The third kappa shape index (κ3) is 3.98. The lowest BCUT2D eigenvalue weighted by molar-refractivity contribution is 0.280. The Bertz CT molecular complexity index is 791. The quantitative estimate of drug-likeness (QED) is 0.695. The van der Waals surface area contributed by atoms with Crippen molar-refractivity contribution in [3.05, 3.63) is 53.6 Å². The lowest BCUT2D eigenvalue weighted by atomic mass is 10.2. The average Bonchev–Trinajstić information content (AvgIpc) is 3.04. The Labute approximate surface area is 138 Å². The van der Waals surface area contributed by atoms with E-state index in [0.29, 0.717) is 29.7 Å². The van der Waals surface area contributed by atoms with Crippen LogP contribution in [0.1, 0.15) is 0 Å². The van der Waals surface area contributed by atoms with Gasteiger partial charge in [-0.3, -0.25) is 0 Å². The van der Waals surface area contributed by atoms with E-state index in [2.05, 4.69) is 15.4 Å². The van der Waals surface area contributed by atoms with Gasteiger partial charge in [-0.15, -0.1) is 10.2 Å². The van der Waals surface area contributed by atoms with Gasteiger partial charge in [0.05, 0.1) is 13.7 Å². The van der Waals surface area contributed by atoms with Gasteiger partial charge in [0.15, 0.2) is 0 Å². The normalized spacial score (nSPS) is 10.5. The Hall–Kier alpha value is -2.60. The molecular formula is C16H15ClN4O2. The minimum absolute atomic E-state index is 0.425. The van der Waals surface area contributed by atoms with Crippen molar-refractivity contribution in [3.8, 4) is 22.9 Å². The SMILES string of the molecule is COc1cccc(-c2nnn(CCOc3cccc(Cl)c3)n2)c1. The van der Waals surface area contributed by atoms with Crippen LogP contribution >= 0.6 is 11.6 Å². The Morgan fingerprint density at radius 1 is 1.09 bits per heavy atom. The third-order valence-corrected chi connectivity index (χ3v) is 3.37. The molecule has 1 aromatic heterocycles. The van der Waals surface area contributed by atoms with Gasteiger partial charge in [0.1, 0.15) is 18.1 Å². The van der Waals surface area contributed by atoms with E-state index >= 15 is 0 Å².